The molecule has 21 heavy (non-hydrogen) atoms. The third kappa shape index (κ3) is 4.47. The van der Waals surface area contributed by atoms with E-state index in [1.807, 2.05) is 0 Å². The van der Waals surface area contributed by atoms with E-state index < -0.39 is 11.2 Å². The minimum atomic E-state index is -4.47. The van der Waals surface area contributed by atoms with E-state index in [0.717, 1.165) is 0 Å². The number of anilines is 1. The van der Waals surface area contributed by atoms with E-state index in [9.17, 15) is 13.2 Å². The van der Waals surface area contributed by atoms with Gasteiger partial charge in [0.2, 0.25) is 10.1 Å². The first kappa shape index (κ1) is 15.8. The fourth-order valence-electron chi connectivity index (χ4n) is 1.44. The number of aromatic nitrogens is 2. The van der Waals surface area contributed by atoms with Crippen LogP contribution in [-0.4, -0.2) is 22.8 Å². The summed E-state index contributed by atoms with van der Waals surface area (Å²) in [6, 6.07) is 6.96. The first-order valence-corrected chi connectivity index (χ1v) is 7.11. The fraction of sp³-hybridized carbons (Fsp3) is 0.333. The molecule has 0 saturated heterocycles. The molecule has 1 aromatic carbocycles. The minimum Gasteiger partial charge on any atom is -0.487 e. The number of nitrogens with one attached hydrogen (secondary N) is 1. The molecule has 0 bridgehead atoms. The van der Waals surface area contributed by atoms with Gasteiger partial charge >= 0.3 is 6.18 Å². The van der Waals surface area contributed by atoms with Gasteiger partial charge in [0.05, 0.1) is 11.6 Å². The van der Waals surface area contributed by atoms with Crippen molar-refractivity contribution >= 4 is 28.1 Å². The van der Waals surface area contributed by atoms with E-state index in [-0.39, 0.29) is 17.8 Å². The zero-order valence-electron chi connectivity index (χ0n) is 10.8. The first-order valence-electron chi connectivity index (χ1n) is 5.92. The molecule has 0 radical (unpaired) electrons. The monoisotopic (exact) mass is 337 g/mol. The van der Waals surface area contributed by atoms with Gasteiger partial charge in [0.15, 0.2) is 0 Å². The van der Waals surface area contributed by atoms with Gasteiger partial charge in [0.25, 0.3) is 0 Å². The summed E-state index contributed by atoms with van der Waals surface area (Å²) in [6.07, 6.45) is -4.78. The average molecular weight is 338 g/mol. The smallest absolute Gasteiger partial charge is 0.445 e. The summed E-state index contributed by atoms with van der Waals surface area (Å²) in [5.41, 5.74) is 0. The molecular weight excluding hydrogens is 327 g/mol. The highest BCUT2D eigenvalue weighted by Gasteiger charge is 2.35. The van der Waals surface area contributed by atoms with E-state index in [2.05, 4.69) is 15.5 Å². The van der Waals surface area contributed by atoms with Gasteiger partial charge in [-0.15, -0.1) is 10.2 Å². The Labute approximate surface area is 127 Å². The molecule has 0 aliphatic carbocycles. The van der Waals surface area contributed by atoms with Crippen molar-refractivity contribution in [3.63, 3.8) is 0 Å². The Morgan fingerprint density at radius 1 is 1.33 bits per heavy atom. The number of halogens is 4. The summed E-state index contributed by atoms with van der Waals surface area (Å²) in [4.78, 5) is 0. The van der Waals surface area contributed by atoms with Crippen molar-refractivity contribution in [2.24, 2.45) is 0 Å². The van der Waals surface area contributed by atoms with Crippen LogP contribution in [-0.2, 0) is 6.18 Å². The van der Waals surface area contributed by atoms with Gasteiger partial charge in [-0.1, -0.05) is 35.1 Å². The topological polar surface area (TPSA) is 47.0 Å². The lowest BCUT2D eigenvalue weighted by Crippen LogP contribution is -2.22. The average Bonchev–Trinajstić information content (AvgIpc) is 2.88. The number of ether oxygens (including phenoxy) is 1. The molecule has 2 aromatic rings. The van der Waals surface area contributed by atoms with Crippen LogP contribution in [0, 0.1) is 0 Å². The molecule has 0 fully saturated rings. The Hall–Kier alpha value is -1.54. The molecule has 114 valence electrons. The lowest BCUT2D eigenvalue weighted by atomic mass is 10.3. The molecule has 9 heteroatoms. The van der Waals surface area contributed by atoms with Gasteiger partial charge in [-0.05, 0) is 19.1 Å². The number of rotatable bonds is 5. The van der Waals surface area contributed by atoms with Crippen LogP contribution < -0.4 is 10.1 Å². The Kier molecular flexibility index (Phi) is 4.89. The maximum absolute atomic E-state index is 12.4. The molecule has 1 unspecified atom stereocenters. The summed E-state index contributed by atoms with van der Waals surface area (Å²) in [6.45, 7) is 2.04. The molecule has 0 aliphatic heterocycles. The van der Waals surface area contributed by atoms with Crippen LogP contribution in [0.15, 0.2) is 24.3 Å². The van der Waals surface area contributed by atoms with Crippen molar-refractivity contribution in [1.29, 1.82) is 0 Å². The summed E-state index contributed by atoms with van der Waals surface area (Å²) < 4.78 is 42.7. The van der Waals surface area contributed by atoms with Crippen LogP contribution in [0.3, 0.4) is 0 Å². The lowest BCUT2D eigenvalue weighted by Gasteiger charge is -2.15. The van der Waals surface area contributed by atoms with Gasteiger partial charge in [-0.3, -0.25) is 0 Å². The second-order valence-electron chi connectivity index (χ2n) is 4.15. The van der Waals surface area contributed by atoms with Gasteiger partial charge in [-0.2, -0.15) is 13.2 Å². The van der Waals surface area contributed by atoms with Crippen LogP contribution >= 0.6 is 22.9 Å². The van der Waals surface area contributed by atoms with E-state index >= 15 is 0 Å². The number of hydrogen-bond acceptors (Lipinski definition) is 5. The quantitative estimate of drug-likeness (QED) is 0.892. The van der Waals surface area contributed by atoms with Gasteiger partial charge in [0, 0.05) is 0 Å². The van der Waals surface area contributed by atoms with E-state index in [1.165, 1.54) is 0 Å². The number of alkyl halides is 3. The molecule has 1 heterocycles. The molecule has 2 rings (SSSR count). The van der Waals surface area contributed by atoms with E-state index in [4.69, 9.17) is 16.3 Å². The van der Waals surface area contributed by atoms with Crippen molar-refractivity contribution in [2.75, 3.05) is 11.9 Å². The predicted octanol–water partition coefficient (Wildman–Crippen LogP) is 4.09. The fourth-order valence-corrected chi connectivity index (χ4v) is 2.24. The van der Waals surface area contributed by atoms with Gasteiger partial charge < -0.3 is 10.1 Å². The van der Waals surface area contributed by atoms with Gasteiger partial charge in [-0.25, -0.2) is 0 Å². The number of hydrogen-bond donors (Lipinski definition) is 1. The van der Waals surface area contributed by atoms with Crippen molar-refractivity contribution in [3.05, 3.63) is 34.3 Å². The van der Waals surface area contributed by atoms with Crippen LogP contribution in [0.2, 0.25) is 5.02 Å². The second kappa shape index (κ2) is 6.48. The van der Waals surface area contributed by atoms with Crippen LogP contribution in [0.25, 0.3) is 0 Å². The normalized spacial score (nSPS) is 13.0. The summed E-state index contributed by atoms with van der Waals surface area (Å²) in [7, 11) is 0. The molecule has 0 spiro atoms. The third-order valence-corrected chi connectivity index (χ3v) is 3.61. The Morgan fingerprint density at radius 3 is 2.67 bits per heavy atom. The maximum Gasteiger partial charge on any atom is 0.445 e. The molecule has 0 amide bonds. The Morgan fingerprint density at radius 2 is 2.05 bits per heavy atom. The van der Waals surface area contributed by atoms with E-state index in [0.29, 0.717) is 22.1 Å². The molecule has 0 saturated carbocycles. The molecule has 1 N–H and O–H groups in total. The minimum absolute atomic E-state index is 0.0944. The highest BCUT2D eigenvalue weighted by Crippen LogP contribution is 2.33. The van der Waals surface area contributed by atoms with Crippen molar-refractivity contribution in [1.82, 2.24) is 10.2 Å². The predicted molar refractivity (Wildman–Crippen MR) is 74.9 cm³/mol. The largest absolute Gasteiger partial charge is 0.487 e. The summed E-state index contributed by atoms with van der Waals surface area (Å²) >= 11 is 6.40. The highest BCUT2D eigenvalue weighted by molar-refractivity contribution is 7.15. The lowest BCUT2D eigenvalue weighted by molar-refractivity contribution is -0.138. The number of nitrogens with zero attached hydrogens (tertiary/aromatic N) is 2. The van der Waals surface area contributed by atoms with Crippen LogP contribution in [0.1, 0.15) is 11.9 Å². The molecule has 1 aromatic heterocycles. The number of benzene rings is 1. The maximum atomic E-state index is 12.4. The first-order chi connectivity index (χ1) is 9.86. The Bertz CT molecular complexity index is 605. The molecular formula is C12H11ClF3N3OS. The third-order valence-electron chi connectivity index (χ3n) is 2.37. The highest BCUT2D eigenvalue weighted by atomic mass is 35.5. The van der Waals surface area contributed by atoms with Crippen molar-refractivity contribution in [3.8, 4) is 5.75 Å². The van der Waals surface area contributed by atoms with Crippen molar-refractivity contribution in [2.45, 2.75) is 19.2 Å². The van der Waals surface area contributed by atoms with Crippen molar-refractivity contribution < 1.29 is 17.9 Å². The van der Waals surface area contributed by atoms with Crippen LogP contribution in [0.5, 0.6) is 5.75 Å². The Balaban J connectivity index is 1.88. The van der Waals surface area contributed by atoms with Gasteiger partial charge in [0.1, 0.15) is 11.9 Å². The molecule has 4 nitrogen and oxygen atoms in total. The SMILES string of the molecule is CC(CNc1nnc(C(F)(F)F)s1)Oc1ccccc1Cl. The van der Waals surface area contributed by atoms with Crippen LogP contribution in [0.4, 0.5) is 18.3 Å². The molecule has 1 atom stereocenters. The second-order valence-corrected chi connectivity index (χ2v) is 5.53. The van der Waals surface area contributed by atoms with E-state index in [1.54, 1.807) is 31.2 Å². The summed E-state index contributed by atoms with van der Waals surface area (Å²) in [5, 5.41) is 8.86. The molecule has 0 aliphatic rings. The summed E-state index contributed by atoms with van der Waals surface area (Å²) in [5.74, 6) is 0.515. The zero-order valence-corrected chi connectivity index (χ0v) is 12.4. The standard InChI is InChI=1S/C12H11ClF3N3OS/c1-7(20-9-5-3-2-4-8(9)13)6-17-11-19-18-10(21-11)12(14,15)16/h2-5,7H,6H2,1H3,(H,17,19). The number of para-hydroxylation sites is 1. The zero-order chi connectivity index (χ0) is 15.5.